The molecule has 5 atom stereocenters. The molecule has 2 bridgehead atoms. The van der Waals surface area contributed by atoms with Crippen LogP contribution in [0.4, 0.5) is 0 Å². The van der Waals surface area contributed by atoms with E-state index in [0.717, 1.165) is 16.7 Å². The Morgan fingerprint density at radius 3 is 2.44 bits per heavy atom. The molecular formula is C30H36N4O7. The smallest absolute Gasteiger partial charge is 0.226 e. The molecule has 1 N–H and O–H groups in total. The van der Waals surface area contributed by atoms with Crippen molar-refractivity contribution in [2.24, 2.45) is 0 Å². The first-order valence-corrected chi connectivity index (χ1v) is 13.6. The van der Waals surface area contributed by atoms with E-state index in [-0.39, 0.29) is 66.7 Å². The Bertz CT molecular complexity index is 1420. The fourth-order valence-corrected chi connectivity index (χ4v) is 7.29. The van der Waals surface area contributed by atoms with Crippen molar-refractivity contribution >= 4 is 17.5 Å². The largest absolute Gasteiger partial charge is 0.493 e. The summed E-state index contributed by atoms with van der Waals surface area (Å²) in [6, 6.07) is 2.37. The van der Waals surface area contributed by atoms with E-state index >= 15 is 0 Å². The van der Waals surface area contributed by atoms with E-state index in [1.165, 1.54) is 14.0 Å². The Labute approximate surface area is 239 Å². The normalized spacial score (nSPS) is 27.5. The highest BCUT2D eigenvalue weighted by atomic mass is 16.7. The molecule has 1 aromatic carbocycles. The summed E-state index contributed by atoms with van der Waals surface area (Å²) in [5.41, 5.74) is 3.82. The highest BCUT2D eigenvalue weighted by Gasteiger charge is 2.58. The molecule has 4 aliphatic rings. The number of likely N-dealkylation sites (N-methyl/N-ethyl adjacent to an activating group) is 1. The summed E-state index contributed by atoms with van der Waals surface area (Å²) >= 11 is 0. The van der Waals surface area contributed by atoms with Gasteiger partial charge in [-0.15, -0.1) is 0 Å². The topological polar surface area (TPSA) is 130 Å². The van der Waals surface area contributed by atoms with Crippen molar-refractivity contribution in [2.75, 3.05) is 41.7 Å². The first-order chi connectivity index (χ1) is 19.6. The zero-order valence-corrected chi connectivity index (χ0v) is 24.5. The number of nitriles is 1. The number of benzene rings is 1. The highest BCUT2D eigenvalue weighted by Crippen LogP contribution is 2.54. The van der Waals surface area contributed by atoms with E-state index in [1.807, 2.05) is 18.9 Å². The van der Waals surface area contributed by atoms with Crippen LogP contribution in [0.1, 0.15) is 43.0 Å². The minimum Gasteiger partial charge on any atom is -0.493 e. The number of fused-ring (bicyclic) bond motifs is 6. The van der Waals surface area contributed by atoms with Crippen LogP contribution >= 0.6 is 0 Å². The van der Waals surface area contributed by atoms with Gasteiger partial charge in [-0.1, -0.05) is 6.07 Å². The number of carbonyl (C=O) groups excluding carboxylic acids is 3. The maximum Gasteiger partial charge on any atom is 0.226 e. The Kier molecular flexibility index (Phi) is 7.68. The number of hydrogen-bond acceptors (Lipinski definition) is 10. The molecule has 1 aliphatic carbocycles. The van der Waals surface area contributed by atoms with Crippen molar-refractivity contribution in [3.8, 4) is 17.6 Å². The fourth-order valence-electron chi connectivity index (χ4n) is 7.29. The van der Waals surface area contributed by atoms with Crippen molar-refractivity contribution < 1.29 is 33.3 Å². The number of rotatable bonds is 7. The number of ketones is 2. The molecule has 41 heavy (non-hydrogen) atoms. The van der Waals surface area contributed by atoms with Crippen molar-refractivity contribution in [3.05, 3.63) is 45.2 Å². The summed E-state index contributed by atoms with van der Waals surface area (Å²) in [6.45, 7) is 5.03. The van der Waals surface area contributed by atoms with Crippen molar-refractivity contribution in [1.82, 2.24) is 15.1 Å². The number of carbonyl (C=O) groups is 3. The summed E-state index contributed by atoms with van der Waals surface area (Å²) in [5.74, 6) is 0.262. The molecule has 0 saturated carbocycles. The van der Waals surface area contributed by atoms with Crippen LogP contribution in [-0.4, -0.2) is 93.2 Å². The molecule has 0 spiro atoms. The molecule has 0 radical (unpaired) electrons. The van der Waals surface area contributed by atoms with Gasteiger partial charge in [-0.3, -0.25) is 24.2 Å². The Balaban J connectivity index is 1.75. The van der Waals surface area contributed by atoms with Crippen molar-refractivity contribution in [3.63, 3.8) is 0 Å². The van der Waals surface area contributed by atoms with Gasteiger partial charge in [-0.25, -0.2) is 0 Å². The number of nitrogens with one attached hydrogen (secondary N) is 1. The van der Waals surface area contributed by atoms with Gasteiger partial charge in [0.2, 0.25) is 11.7 Å². The number of methoxy groups -OCH3 is 3. The van der Waals surface area contributed by atoms with Gasteiger partial charge in [-0.05, 0) is 44.9 Å². The first-order valence-electron chi connectivity index (χ1n) is 13.6. The number of aryl methyl sites for hydroxylation is 1. The lowest BCUT2D eigenvalue weighted by Crippen LogP contribution is -2.71. The van der Waals surface area contributed by atoms with Crippen molar-refractivity contribution in [2.45, 2.75) is 63.8 Å². The van der Waals surface area contributed by atoms with Gasteiger partial charge in [-0.2, -0.15) is 5.26 Å². The van der Waals surface area contributed by atoms with Crippen LogP contribution in [-0.2, 0) is 30.3 Å². The molecule has 1 aromatic rings. The fraction of sp³-hybridized carbons (Fsp3) is 0.533. The van der Waals surface area contributed by atoms with Gasteiger partial charge in [0.05, 0.1) is 32.4 Å². The van der Waals surface area contributed by atoms with E-state index in [9.17, 15) is 19.6 Å². The Morgan fingerprint density at radius 2 is 1.83 bits per heavy atom. The lowest BCUT2D eigenvalue weighted by Gasteiger charge is -2.60. The lowest BCUT2D eigenvalue weighted by molar-refractivity contribution is -0.124. The van der Waals surface area contributed by atoms with Gasteiger partial charge in [0.1, 0.15) is 6.04 Å². The molecule has 1 amide bonds. The van der Waals surface area contributed by atoms with Crippen LogP contribution in [0, 0.1) is 18.3 Å². The first kappa shape index (κ1) is 28.8. The van der Waals surface area contributed by atoms with Crippen LogP contribution in [0.15, 0.2) is 28.5 Å². The number of piperazine rings is 1. The zero-order valence-electron chi connectivity index (χ0n) is 24.5. The van der Waals surface area contributed by atoms with Crippen LogP contribution in [0.2, 0.25) is 0 Å². The number of Topliss-reactive ketones (excluding diaryl/α,β-unsaturated/α-hetero) is 2. The second kappa shape index (κ2) is 10.9. The molecule has 11 heteroatoms. The quantitative estimate of drug-likeness (QED) is 0.386. The minimum absolute atomic E-state index is 0.00339. The Hall–Kier alpha value is -3.72. The average molecular weight is 565 g/mol. The number of hydrogen-bond donors (Lipinski definition) is 1. The van der Waals surface area contributed by atoms with Crippen LogP contribution < -0.4 is 14.8 Å². The molecule has 218 valence electrons. The third kappa shape index (κ3) is 4.33. The number of amides is 1. The van der Waals surface area contributed by atoms with Crippen LogP contribution in [0.5, 0.6) is 11.5 Å². The van der Waals surface area contributed by atoms with Gasteiger partial charge in [0.15, 0.2) is 29.8 Å². The van der Waals surface area contributed by atoms with Crippen LogP contribution in [0.3, 0.4) is 0 Å². The van der Waals surface area contributed by atoms with Gasteiger partial charge in [0.25, 0.3) is 0 Å². The predicted octanol–water partition coefficient (Wildman–Crippen LogP) is 1.74. The molecule has 5 rings (SSSR count). The van der Waals surface area contributed by atoms with Gasteiger partial charge >= 0.3 is 0 Å². The maximum absolute atomic E-state index is 13.8. The van der Waals surface area contributed by atoms with Gasteiger partial charge in [0, 0.05) is 54.9 Å². The summed E-state index contributed by atoms with van der Waals surface area (Å²) < 4.78 is 22.6. The molecule has 3 heterocycles. The maximum atomic E-state index is 13.8. The SMILES string of the molecule is COCOc1c(OC)c(C)cc2c1C1C3CC4=C(C(=O)C(OC)=C(C)C4=O)C(CNC(C)=O)N3C(C#N)C(C2)N1C. The minimum atomic E-state index is -0.706. The molecule has 3 aliphatic heterocycles. The second-order valence-corrected chi connectivity index (χ2v) is 11.0. The number of nitrogens with zero attached hydrogens (tertiary/aromatic N) is 3. The summed E-state index contributed by atoms with van der Waals surface area (Å²) in [6.07, 6.45) is 0.802. The van der Waals surface area contributed by atoms with E-state index in [1.54, 1.807) is 21.1 Å². The van der Waals surface area contributed by atoms with E-state index in [0.29, 0.717) is 29.1 Å². The van der Waals surface area contributed by atoms with Crippen LogP contribution in [0.25, 0.3) is 0 Å². The third-order valence-electron chi connectivity index (χ3n) is 8.91. The van der Waals surface area contributed by atoms with E-state index in [2.05, 4.69) is 22.4 Å². The molecule has 5 unspecified atom stereocenters. The summed E-state index contributed by atoms with van der Waals surface area (Å²) in [7, 11) is 6.50. The summed E-state index contributed by atoms with van der Waals surface area (Å²) in [4.78, 5) is 43.9. The predicted molar refractivity (Wildman–Crippen MR) is 147 cm³/mol. The van der Waals surface area contributed by atoms with Crippen molar-refractivity contribution in [1.29, 1.82) is 5.26 Å². The van der Waals surface area contributed by atoms with E-state index < -0.39 is 12.1 Å². The van der Waals surface area contributed by atoms with Gasteiger partial charge < -0.3 is 24.3 Å². The molecule has 1 fully saturated rings. The summed E-state index contributed by atoms with van der Waals surface area (Å²) in [5, 5.41) is 13.4. The number of ether oxygens (including phenoxy) is 4. The van der Waals surface area contributed by atoms with E-state index in [4.69, 9.17) is 18.9 Å². The molecule has 0 aromatic heterocycles. The standard InChI is InChI=1S/C30H36N4O7/c1-14-8-17-9-19-21(11-31)34-20(25(33(19)4)23(17)30(28(14)39-6)41-13-38-5)10-18-24(22(34)12-32-16(3)35)27(37)29(40-7)15(2)26(18)36/h8,19-22,25H,9-10,12-13H2,1-7H3,(H,32,35). The molecule has 11 nitrogen and oxygen atoms in total. The average Bonchev–Trinajstić information content (AvgIpc) is 2.93. The highest BCUT2D eigenvalue weighted by molar-refractivity contribution is 6.25. The second-order valence-electron chi connectivity index (χ2n) is 11.0. The molecular weight excluding hydrogens is 528 g/mol. The Morgan fingerprint density at radius 1 is 1.10 bits per heavy atom. The lowest BCUT2D eigenvalue weighted by atomic mass is 9.69. The monoisotopic (exact) mass is 564 g/mol. The third-order valence-corrected chi connectivity index (χ3v) is 8.91. The zero-order chi connectivity index (χ0) is 29.7. The number of allylic oxidation sites excluding steroid dienone is 2. The molecule has 1 saturated heterocycles.